The van der Waals surface area contributed by atoms with Crippen LogP contribution < -0.4 is 5.32 Å². The molecule has 0 atom stereocenters. The Balaban J connectivity index is 2.27. The fourth-order valence-electron chi connectivity index (χ4n) is 1.77. The van der Waals surface area contributed by atoms with Gasteiger partial charge in [-0.2, -0.15) is 5.10 Å². The molecule has 5 heteroatoms. The van der Waals surface area contributed by atoms with Crippen molar-refractivity contribution in [2.45, 2.75) is 13.8 Å². The van der Waals surface area contributed by atoms with E-state index in [1.54, 1.807) is 50.0 Å². The van der Waals surface area contributed by atoms with Crippen LogP contribution in [0, 0.1) is 13.8 Å². The third-order valence-electron chi connectivity index (χ3n) is 2.81. The topological polar surface area (TPSA) is 67.2 Å². The van der Waals surface area contributed by atoms with E-state index in [9.17, 15) is 9.90 Å². The van der Waals surface area contributed by atoms with E-state index in [0.29, 0.717) is 22.5 Å². The Morgan fingerprint density at radius 3 is 2.72 bits per heavy atom. The van der Waals surface area contributed by atoms with Gasteiger partial charge in [0.15, 0.2) is 0 Å². The summed E-state index contributed by atoms with van der Waals surface area (Å²) < 4.78 is 1.60. The highest BCUT2D eigenvalue weighted by Crippen LogP contribution is 2.24. The number of aryl methyl sites for hydroxylation is 2. The van der Waals surface area contributed by atoms with Gasteiger partial charge >= 0.3 is 0 Å². The summed E-state index contributed by atoms with van der Waals surface area (Å²) >= 11 is 0. The number of phenolic OH excluding ortho intramolecular Hbond substituents is 1. The number of hydrogen-bond donors (Lipinski definition) is 2. The molecule has 0 aliphatic heterocycles. The number of anilines is 1. The minimum absolute atomic E-state index is 0.163. The largest absolute Gasteiger partial charge is 0.508 e. The summed E-state index contributed by atoms with van der Waals surface area (Å²) in [6.07, 6.45) is 1.67. The van der Waals surface area contributed by atoms with Crippen LogP contribution in [0.15, 0.2) is 24.4 Å². The fourth-order valence-corrected chi connectivity index (χ4v) is 1.77. The normalized spacial score (nSPS) is 10.4. The van der Waals surface area contributed by atoms with Crippen LogP contribution in [0.2, 0.25) is 0 Å². The van der Waals surface area contributed by atoms with E-state index < -0.39 is 0 Å². The van der Waals surface area contributed by atoms with Crippen molar-refractivity contribution in [2.75, 3.05) is 5.32 Å². The van der Waals surface area contributed by atoms with Crippen molar-refractivity contribution >= 4 is 11.6 Å². The van der Waals surface area contributed by atoms with E-state index in [0.717, 1.165) is 0 Å². The van der Waals surface area contributed by atoms with E-state index in [4.69, 9.17) is 0 Å². The Morgan fingerprint density at radius 1 is 1.39 bits per heavy atom. The van der Waals surface area contributed by atoms with Crippen LogP contribution in [0.4, 0.5) is 5.69 Å². The predicted molar refractivity (Wildman–Crippen MR) is 68.7 cm³/mol. The van der Waals surface area contributed by atoms with Gasteiger partial charge in [0.2, 0.25) is 0 Å². The van der Waals surface area contributed by atoms with Crippen molar-refractivity contribution < 1.29 is 9.90 Å². The van der Waals surface area contributed by atoms with Crippen LogP contribution in [0.3, 0.4) is 0 Å². The molecule has 1 heterocycles. The minimum atomic E-state index is -0.228. The first-order valence-corrected chi connectivity index (χ1v) is 5.59. The molecule has 0 unspecified atom stereocenters. The third-order valence-corrected chi connectivity index (χ3v) is 2.81. The Hall–Kier alpha value is -2.30. The average Bonchev–Trinajstić information content (AvgIpc) is 2.64. The molecule has 1 amide bonds. The number of rotatable bonds is 2. The number of aromatic nitrogens is 2. The van der Waals surface area contributed by atoms with E-state index >= 15 is 0 Å². The van der Waals surface area contributed by atoms with Gasteiger partial charge < -0.3 is 10.4 Å². The number of nitrogens with zero attached hydrogens (tertiary/aromatic N) is 2. The van der Waals surface area contributed by atoms with Gasteiger partial charge in [0.1, 0.15) is 5.75 Å². The Labute approximate surface area is 105 Å². The van der Waals surface area contributed by atoms with Gasteiger partial charge in [0, 0.05) is 24.5 Å². The quantitative estimate of drug-likeness (QED) is 0.850. The molecule has 1 aromatic carbocycles. The van der Waals surface area contributed by atoms with E-state index in [-0.39, 0.29) is 11.7 Å². The van der Waals surface area contributed by atoms with Crippen LogP contribution in [0.25, 0.3) is 0 Å². The summed E-state index contributed by atoms with van der Waals surface area (Å²) in [5.41, 5.74) is 2.45. The number of carbonyl (C=O) groups is 1. The lowest BCUT2D eigenvalue weighted by atomic mass is 10.1. The zero-order valence-corrected chi connectivity index (χ0v) is 10.6. The molecule has 0 fully saturated rings. The van der Waals surface area contributed by atoms with Gasteiger partial charge in [-0.15, -0.1) is 0 Å². The molecule has 0 radical (unpaired) electrons. The monoisotopic (exact) mass is 245 g/mol. The van der Waals surface area contributed by atoms with Crippen LogP contribution in [-0.2, 0) is 7.05 Å². The molecule has 1 aromatic heterocycles. The van der Waals surface area contributed by atoms with Crippen molar-refractivity contribution in [1.82, 2.24) is 9.78 Å². The Bertz CT molecular complexity index is 602. The number of benzene rings is 1. The van der Waals surface area contributed by atoms with Crippen molar-refractivity contribution in [1.29, 1.82) is 0 Å². The second-order valence-corrected chi connectivity index (χ2v) is 4.21. The molecule has 5 nitrogen and oxygen atoms in total. The van der Waals surface area contributed by atoms with Gasteiger partial charge in [0.25, 0.3) is 5.91 Å². The highest BCUT2D eigenvalue weighted by molar-refractivity contribution is 6.05. The lowest BCUT2D eigenvalue weighted by Gasteiger charge is -2.08. The van der Waals surface area contributed by atoms with Crippen molar-refractivity contribution in [3.05, 3.63) is 41.2 Å². The molecule has 0 saturated heterocycles. The molecule has 2 aromatic rings. The number of nitrogens with one attached hydrogen (secondary N) is 1. The molecule has 0 aliphatic rings. The van der Waals surface area contributed by atoms with Crippen molar-refractivity contribution in [2.24, 2.45) is 7.05 Å². The highest BCUT2D eigenvalue weighted by Gasteiger charge is 2.14. The first-order chi connectivity index (χ1) is 8.49. The van der Waals surface area contributed by atoms with E-state index in [1.807, 2.05) is 0 Å². The van der Waals surface area contributed by atoms with Gasteiger partial charge in [0.05, 0.1) is 11.3 Å². The average molecular weight is 245 g/mol. The molecule has 0 aliphatic carbocycles. The molecule has 2 N–H and O–H groups in total. The zero-order chi connectivity index (χ0) is 13.3. The molecule has 0 spiro atoms. The lowest BCUT2D eigenvalue weighted by molar-refractivity contribution is 0.102. The third kappa shape index (κ3) is 2.20. The maximum Gasteiger partial charge on any atom is 0.259 e. The number of hydrogen-bond acceptors (Lipinski definition) is 3. The summed E-state index contributed by atoms with van der Waals surface area (Å²) in [5.74, 6) is -0.0648. The molecular weight excluding hydrogens is 230 g/mol. The summed E-state index contributed by atoms with van der Waals surface area (Å²) in [6.45, 7) is 3.53. The predicted octanol–water partition coefficient (Wildman–Crippen LogP) is 1.99. The Morgan fingerprint density at radius 2 is 2.11 bits per heavy atom. The zero-order valence-electron chi connectivity index (χ0n) is 10.6. The van der Waals surface area contributed by atoms with Gasteiger partial charge in [-0.25, -0.2) is 0 Å². The number of carbonyl (C=O) groups excluding carboxylic acids is 1. The molecular formula is C13H15N3O2. The maximum absolute atomic E-state index is 12.1. The number of aromatic hydroxyl groups is 1. The SMILES string of the molecule is Cc1nn(C)cc1C(=O)Nc1cccc(O)c1C. The maximum atomic E-state index is 12.1. The molecule has 2 rings (SSSR count). The summed E-state index contributed by atoms with van der Waals surface area (Å²) in [4.78, 5) is 12.1. The molecule has 0 saturated carbocycles. The summed E-state index contributed by atoms with van der Waals surface area (Å²) in [7, 11) is 1.77. The van der Waals surface area contributed by atoms with E-state index in [2.05, 4.69) is 10.4 Å². The highest BCUT2D eigenvalue weighted by atomic mass is 16.3. The first-order valence-electron chi connectivity index (χ1n) is 5.59. The van der Waals surface area contributed by atoms with Gasteiger partial charge in [-0.05, 0) is 26.0 Å². The van der Waals surface area contributed by atoms with Gasteiger partial charge in [-0.1, -0.05) is 6.07 Å². The second-order valence-electron chi connectivity index (χ2n) is 4.21. The number of phenols is 1. The number of amides is 1. The second kappa shape index (κ2) is 4.52. The molecule has 94 valence electrons. The molecule has 0 bridgehead atoms. The van der Waals surface area contributed by atoms with Crippen LogP contribution in [0.5, 0.6) is 5.75 Å². The lowest BCUT2D eigenvalue weighted by Crippen LogP contribution is -2.13. The van der Waals surface area contributed by atoms with Crippen LogP contribution in [-0.4, -0.2) is 20.8 Å². The van der Waals surface area contributed by atoms with Crippen LogP contribution in [0.1, 0.15) is 21.6 Å². The first kappa shape index (κ1) is 12.2. The fraction of sp³-hybridized carbons (Fsp3) is 0.231. The van der Waals surface area contributed by atoms with Crippen molar-refractivity contribution in [3.63, 3.8) is 0 Å². The van der Waals surface area contributed by atoms with E-state index in [1.165, 1.54) is 0 Å². The van der Waals surface area contributed by atoms with Crippen molar-refractivity contribution in [3.8, 4) is 5.75 Å². The smallest absolute Gasteiger partial charge is 0.259 e. The van der Waals surface area contributed by atoms with Crippen LogP contribution >= 0.6 is 0 Å². The summed E-state index contributed by atoms with van der Waals surface area (Å²) in [6, 6.07) is 5.02. The minimum Gasteiger partial charge on any atom is -0.508 e. The summed E-state index contributed by atoms with van der Waals surface area (Å²) in [5, 5.41) is 16.5. The Kier molecular flexibility index (Phi) is 3.06. The van der Waals surface area contributed by atoms with Gasteiger partial charge in [-0.3, -0.25) is 9.48 Å². The standard InChI is InChI=1S/C13H15N3O2/c1-8-11(5-4-6-12(8)17)14-13(18)10-7-16(3)15-9(10)2/h4-7,17H,1-3H3,(H,14,18). The molecule has 18 heavy (non-hydrogen) atoms.